The highest BCUT2D eigenvalue weighted by Gasteiger charge is 2.23. The van der Waals surface area contributed by atoms with Gasteiger partial charge in [0.1, 0.15) is 6.04 Å². The number of aliphatic carboxylic acids is 1. The van der Waals surface area contributed by atoms with Crippen LogP contribution in [0.5, 0.6) is 0 Å². The number of carboxylic acids is 1. The van der Waals surface area contributed by atoms with E-state index in [0.29, 0.717) is 30.9 Å². The number of nitrogens with one attached hydrogen (secondary N) is 1. The Morgan fingerprint density at radius 2 is 1.82 bits per heavy atom. The van der Waals surface area contributed by atoms with E-state index in [-0.39, 0.29) is 11.8 Å². The van der Waals surface area contributed by atoms with Crippen molar-refractivity contribution in [2.24, 2.45) is 11.7 Å². The summed E-state index contributed by atoms with van der Waals surface area (Å²) in [6.07, 6.45) is 1.83. The van der Waals surface area contributed by atoms with Crippen LogP contribution in [0.4, 0.5) is 0 Å². The molecule has 5 nitrogen and oxygen atoms in total. The minimum absolute atomic E-state index is 0.310. The maximum atomic E-state index is 11.7. The Morgan fingerprint density at radius 3 is 2.24 bits per heavy atom. The number of unbranched alkanes of at least 4 members (excludes halogenated alkanes) is 1. The van der Waals surface area contributed by atoms with Crippen LogP contribution in [0.3, 0.4) is 0 Å². The second-order valence-electron chi connectivity index (χ2n) is 3.75. The third-order valence-corrected chi connectivity index (χ3v) is 3.25. The molecule has 0 fully saturated rings. The largest absolute Gasteiger partial charge is 0.480 e. The molecule has 0 rings (SSSR count). The van der Waals surface area contributed by atoms with Gasteiger partial charge in [-0.1, -0.05) is 0 Å². The van der Waals surface area contributed by atoms with Crippen molar-refractivity contribution >= 4 is 37.1 Å². The van der Waals surface area contributed by atoms with Crippen molar-refractivity contribution < 1.29 is 14.7 Å². The van der Waals surface area contributed by atoms with Crippen molar-refractivity contribution in [2.45, 2.75) is 25.3 Å². The number of thiol groups is 2. The summed E-state index contributed by atoms with van der Waals surface area (Å²) >= 11 is 8.04. The standard InChI is InChI=1S/C10H20N2O3S2/c11-4-2-1-3-8(10(14)15)12-9(13)7(5-16)6-17/h7-8,16-17H,1-6,11H2,(H,12,13)(H,14,15)/t8-/m0/s1. The fourth-order valence-electron chi connectivity index (χ4n) is 1.26. The Bertz CT molecular complexity index is 248. The molecule has 0 aliphatic carbocycles. The first kappa shape index (κ1) is 16.6. The zero-order valence-corrected chi connectivity index (χ0v) is 11.4. The maximum Gasteiger partial charge on any atom is 0.326 e. The molecule has 17 heavy (non-hydrogen) atoms. The third-order valence-electron chi connectivity index (χ3n) is 2.37. The Hall–Kier alpha value is -0.400. The van der Waals surface area contributed by atoms with Gasteiger partial charge in [-0.2, -0.15) is 25.3 Å². The normalized spacial score (nSPS) is 12.5. The second kappa shape index (κ2) is 9.61. The van der Waals surface area contributed by atoms with E-state index in [1.54, 1.807) is 0 Å². The molecule has 0 aliphatic rings. The second-order valence-corrected chi connectivity index (χ2v) is 4.48. The van der Waals surface area contributed by atoms with E-state index in [2.05, 4.69) is 30.6 Å². The molecular formula is C10H20N2O3S2. The number of nitrogens with two attached hydrogens (primary N) is 1. The molecule has 0 saturated heterocycles. The summed E-state index contributed by atoms with van der Waals surface area (Å²) in [7, 11) is 0. The molecule has 0 spiro atoms. The molecular weight excluding hydrogens is 260 g/mol. The molecule has 0 aliphatic heterocycles. The molecule has 4 N–H and O–H groups in total. The van der Waals surface area contributed by atoms with E-state index >= 15 is 0 Å². The van der Waals surface area contributed by atoms with E-state index in [9.17, 15) is 9.59 Å². The van der Waals surface area contributed by atoms with E-state index in [1.165, 1.54) is 0 Å². The maximum absolute atomic E-state index is 11.7. The van der Waals surface area contributed by atoms with Gasteiger partial charge >= 0.3 is 5.97 Å². The van der Waals surface area contributed by atoms with Gasteiger partial charge in [0.2, 0.25) is 5.91 Å². The number of hydrogen-bond donors (Lipinski definition) is 5. The highest BCUT2D eigenvalue weighted by molar-refractivity contribution is 7.81. The number of amides is 1. The zero-order valence-electron chi connectivity index (χ0n) is 9.63. The molecule has 7 heteroatoms. The Morgan fingerprint density at radius 1 is 1.24 bits per heavy atom. The molecule has 1 atom stereocenters. The Labute approximate surface area is 112 Å². The SMILES string of the molecule is NCCCC[C@H](NC(=O)C(CS)CS)C(=O)O. The predicted molar refractivity (Wildman–Crippen MR) is 73.7 cm³/mol. The summed E-state index contributed by atoms with van der Waals surface area (Å²) in [6.45, 7) is 0.524. The van der Waals surface area contributed by atoms with Crippen LogP contribution in [-0.2, 0) is 9.59 Å². The summed E-state index contributed by atoms with van der Waals surface area (Å²) in [5.74, 6) is -0.991. The van der Waals surface area contributed by atoms with E-state index in [0.717, 1.165) is 6.42 Å². The van der Waals surface area contributed by atoms with E-state index in [4.69, 9.17) is 10.8 Å². The van der Waals surface area contributed by atoms with Crippen LogP contribution in [0.2, 0.25) is 0 Å². The van der Waals surface area contributed by atoms with Gasteiger partial charge < -0.3 is 16.2 Å². The van der Waals surface area contributed by atoms with Crippen LogP contribution in [0, 0.1) is 5.92 Å². The fourth-order valence-corrected chi connectivity index (χ4v) is 2.06. The summed E-state index contributed by atoms with van der Waals surface area (Å²) in [5, 5.41) is 11.5. The first-order valence-electron chi connectivity index (χ1n) is 5.51. The quantitative estimate of drug-likeness (QED) is 0.307. The van der Waals surface area contributed by atoms with Gasteiger partial charge in [0.25, 0.3) is 0 Å². The smallest absolute Gasteiger partial charge is 0.326 e. The molecule has 0 unspecified atom stereocenters. The summed E-state index contributed by atoms with van der Waals surface area (Å²) < 4.78 is 0. The number of carbonyl (C=O) groups excluding carboxylic acids is 1. The molecule has 0 radical (unpaired) electrons. The lowest BCUT2D eigenvalue weighted by Crippen LogP contribution is -2.44. The predicted octanol–water partition coefficient (Wildman–Crippen LogP) is 0.161. The molecule has 0 heterocycles. The van der Waals surface area contributed by atoms with Crippen LogP contribution in [0.25, 0.3) is 0 Å². The molecule has 0 aromatic carbocycles. The van der Waals surface area contributed by atoms with Crippen LogP contribution in [-0.4, -0.2) is 41.1 Å². The van der Waals surface area contributed by atoms with Crippen molar-refractivity contribution in [1.29, 1.82) is 0 Å². The molecule has 0 aromatic rings. The van der Waals surface area contributed by atoms with Gasteiger partial charge in [-0.15, -0.1) is 0 Å². The van der Waals surface area contributed by atoms with Crippen LogP contribution >= 0.6 is 25.3 Å². The van der Waals surface area contributed by atoms with Crippen molar-refractivity contribution in [3.8, 4) is 0 Å². The lowest BCUT2D eigenvalue weighted by Gasteiger charge is -2.17. The van der Waals surface area contributed by atoms with Crippen molar-refractivity contribution in [1.82, 2.24) is 5.32 Å². The molecule has 100 valence electrons. The van der Waals surface area contributed by atoms with Crippen molar-refractivity contribution in [3.05, 3.63) is 0 Å². The van der Waals surface area contributed by atoms with E-state index < -0.39 is 12.0 Å². The summed E-state index contributed by atoms with van der Waals surface area (Å²) in [4.78, 5) is 22.6. The van der Waals surface area contributed by atoms with Crippen molar-refractivity contribution in [3.63, 3.8) is 0 Å². The molecule has 0 aromatic heterocycles. The van der Waals surface area contributed by atoms with Gasteiger partial charge in [0, 0.05) is 11.5 Å². The van der Waals surface area contributed by atoms with Gasteiger partial charge in [-0.05, 0) is 25.8 Å². The van der Waals surface area contributed by atoms with E-state index in [1.807, 2.05) is 0 Å². The van der Waals surface area contributed by atoms with Gasteiger partial charge in [0.05, 0.1) is 5.92 Å². The van der Waals surface area contributed by atoms with Crippen molar-refractivity contribution in [2.75, 3.05) is 18.1 Å². The van der Waals surface area contributed by atoms with Gasteiger partial charge in [0.15, 0.2) is 0 Å². The van der Waals surface area contributed by atoms with Crippen LogP contribution < -0.4 is 11.1 Å². The number of hydrogen-bond acceptors (Lipinski definition) is 5. The summed E-state index contributed by atoms with van der Waals surface area (Å²) in [6, 6.07) is -0.851. The number of carbonyl (C=O) groups is 2. The van der Waals surface area contributed by atoms with Gasteiger partial charge in [-0.3, -0.25) is 4.79 Å². The van der Waals surface area contributed by atoms with Crippen LogP contribution in [0.1, 0.15) is 19.3 Å². The molecule has 0 saturated carbocycles. The third kappa shape index (κ3) is 6.80. The lowest BCUT2D eigenvalue weighted by molar-refractivity contribution is -0.142. The molecule has 1 amide bonds. The van der Waals surface area contributed by atoms with Crippen LogP contribution in [0.15, 0.2) is 0 Å². The number of rotatable bonds is 9. The summed E-state index contributed by atoms with van der Waals surface area (Å²) in [5.41, 5.74) is 5.33. The Balaban J connectivity index is 4.23. The number of carboxylic acid groups (broad SMARTS) is 1. The fraction of sp³-hybridized carbons (Fsp3) is 0.800. The zero-order chi connectivity index (χ0) is 13.3. The highest BCUT2D eigenvalue weighted by atomic mass is 32.1. The minimum Gasteiger partial charge on any atom is -0.480 e. The Kier molecular flexibility index (Phi) is 9.39. The monoisotopic (exact) mass is 280 g/mol. The molecule has 0 bridgehead atoms. The minimum atomic E-state index is -1.02. The first-order chi connectivity index (χ1) is 8.06. The topological polar surface area (TPSA) is 92.4 Å². The first-order valence-corrected chi connectivity index (χ1v) is 6.78. The average Bonchev–Trinajstić information content (AvgIpc) is 2.29. The average molecular weight is 280 g/mol. The highest BCUT2D eigenvalue weighted by Crippen LogP contribution is 2.06. The van der Waals surface area contributed by atoms with Gasteiger partial charge in [-0.25, -0.2) is 4.79 Å². The lowest BCUT2D eigenvalue weighted by atomic mass is 10.1.